The van der Waals surface area contributed by atoms with Crippen LogP contribution in [0.4, 0.5) is 0 Å². The zero-order valence-corrected chi connectivity index (χ0v) is 11.5. The molecule has 0 aliphatic rings. The highest BCUT2D eigenvalue weighted by molar-refractivity contribution is 5.37. The van der Waals surface area contributed by atoms with Crippen LogP contribution in [0, 0.1) is 6.92 Å². The number of hydrogen-bond donors (Lipinski definition) is 1. The average molecular weight is 256 g/mol. The van der Waals surface area contributed by atoms with Crippen molar-refractivity contribution in [2.75, 3.05) is 0 Å². The Bertz CT molecular complexity index is 523. The fourth-order valence-corrected chi connectivity index (χ4v) is 1.84. The van der Waals surface area contributed by atoms with Gasteiger partial charge in [-0.3, -0.25) is 4.98 Å². The summed E-state index contributed by atoms with van der Waals surface area (Å²) in [4.78, 5) is 4.23. The molecular weight excluding hydrogens is 236 g/mol. The quantitative estimate of drug-likeness (QED) is 0.891. The highest BCUT2D eigenvalue weighted by Crippen LogP contribution is 2.25. The van der Waals surface area contributed by atoms with Crippen LogP contribution in [0.2, 0.25) is 0 Å². The first-order chi connectivity index (χ1) is 9.19. The van der Waals surface area contributed by atoms with Gasteiger partial charge in [0.1, 0.15) is 11.5 Å². The molecular formula is C16H20N2O. The van der Waals surface area contributed by atoms with Crippen molar-refractivity contribution in [3.05, 3.63) is 53.9 Å². The fourth-order valence-electron chi connectivity index (χ4n) is 1.84. The lowest BCUT2D eigenvalue weighted by Crippen LogP contribution is -2.21. The molecule has 1 heterocycles. The molecule has 0 fully saturated rings. The van der Waals surface area contributed by atoms with E-state index in [0.717, 1.165) is 35.6 Å². The van der Waals surface area contributed by atoms with Crippen LogP contribution in [0.25, 0.3) is 0 Å². The lowest BCUT2D eigenvalue weighted by Gasteiger charge is -2.14. The maximum absolute atomic E-state index is 6.02. The number of ether oxygens (including phenoxy) is 1. The number of rotatable bonds is 5. The molecule has 2 N–H and O–H groups in total. The van der Waals surface area contributed by atoms with Crippen molar-refractivity contribution >= 4 is 0 Å². The second-order valence-corrected chi connectivity index (χ2v) is 4.72. The second-order valence-electron chi connectivity index (χ2n) is 4.72. The number of benzene rings is 1. The molecule has 100 valence electrons. The second kappa shape index (κ2) is 6.34. The van der Waals surface area contributed by atoms with Crippen molar-refractivity contribution in [1.82, 2.24) is 4.98 Å². The molecule has 1 aromatic heterocycles. The van der Waals surface area contributed by atoms with Crippen LogP contribution in [-0.4, -0.2) is 11.0 Å². The Morgan fingerprint density at radius 1 is 1.21 bits per heavy atom. The van der Waals surface area contributed by atoms with Gasteiger partial charge in [0.25, 0.3) is 0 Å². The van der Waals surface area contributed by atoms with Crippen LogP contribution in [0.5, 0.6) is 11.5 Å². The lowest BCUT2D eigenvalue weighted by molar-refractivity contribution is 0.469. The van der Waals surface area contributed by atoms with Gasteiger partial charge in [0, 0.05) is 11.7 Å². The van der Waals surface area contributed by atoms with Crippen LogP contribution in [0.15, 0.2) is 42.6 Å². The molecule has 3 heteroatoms. The summed E-state index contributed by atoms with van der Waals surface area (Å²) < 4.78 is 5.89. The summed E-state index contributed by atoms with van der Waals surface area (Å²) >= 11 is 0. The van der Waals surface area contributed by atoms with Gasteiger partial charge in [-0.15, -0.1) is 0 Å². The summed E-state index contributed by atoms with van der Waals surface area (Å²) in [6, 6.07) is 12.1. The number of hydrogen-bond acceptors (Lipinski definition) is 3. The third-order valence-electron chi connectivity index (χ3n) is 3.09. The number of nitrogens with zero attached hydrogens (tertiary/aromatic N) is 1. The normalized spacial score (nSPS) is 12.2. The molecule has 0 aliphatic carbocycles. The van der Waals surface area contributed by atoms with Crippen LogP contribution < -0.4 is 10.5 Å². The molecule has 0 saturated carbocycles. The number of aromatic nitrogens is 1. The van der Waals surface area contributed by atoms with Gasteiger partial charge < -0.3 is 10.5 Å². The molecule has 19 heavy (non-hydrogen) atoms. The van der Waals surface area contributed by atoms with Crippen molar-refractivity contribution in [3.8, 4) is 11.5 Å². The molecule has 1 atom stereocenters. The zero-order chi connectivity index (χ0) is 13.7. The third kappa shape index (κ3) is 3.80. The van der Waals surface area contributed by atoms with E-state index >= 15 is 0 Å². The third-order valence-corrected chi connectivity index (χ3v) is 3.09. The van der Waals surface area contributed by atoms with Gasteiger partial charge in [-0.25, -0.2) is 0 Å². The van der Waals surface area contributed by atoms with Crippen molar-refractivity contribution in [3.63, 3.8) is 0 Å². The summed E-state index contributed by atoms with van der Waals surface area (Å²) in [5.41, 5.74) is 8.14. The van der Waals surface area contributed by atoms with Gasteiger partial charge in [0.05, 0.1) is 6.20 Å². The minimum atomic E-state index is 0.167. The SMILES string of the molecule is CCC(N)Cc1ccccc1Oc1ccc(C)nc1. The fraction of sp³-hybridized carbons (Fsp3) is 0.312. The topological polar surface area (TPSA) is 48.1 Å². The largest absolute Gasteiger partial charge is 0.455 e. The predicted octanol–water partition coefficient (Wildman–Crippen LogP) is 3.46. The van der Waals surface area contributed by atoms with Crippen molar-refractivity contribution in [2.24, 2.45) is 5.73 Å². The molecule has 3 nitrogen and oxygen atoms in total. The Morgan fingerprint density at radius 3 is 2.68 bits per heavy atom. The van der Waals surface area contributed by atoms with Crippen molar-refractivity contribution in [1.29, 1.82) is 0 Å². The summed E-state index contributed by atoms with van der Waals surface area (Å²) in [6.07, 6.45) is 3.53. The first-order valence-corrected chi connectivity index (χ1v) is 6.63. The molecule has 0 saturated heterocycles. The van der Waals surface area contributed by atoms with E-state index in [1.807, 2.05) is 37.3 Å². The minimum absolute atomic E-state index is 0.167. The summed E-state index contributed by atoms with van der Waals surface area (Å²) in [5, 5.41) is 0. The molecule has 0 amide bonds. The van der Waals surface area contributed by atoms with Crippen LogP contribution in [0.1, 0.15) is 24.6 Å². The maximum atomic E-state index is 6.02. The van der Waals surface area contributed by atoms with Gasteiger partial charge in [-0.1, -0.05) is 25.1 Å². The first-order valence-electron chi connectivity index (χ1n) is 6.63. The van der Waals surface area contributed by atoms with E-state index in [1.54, 1.807) is 6.20 Å². The van der Waals surface area contributed by atoms with Crippen LogP contribution in [-0.2, 0) is 6.42 Å². The maximum Gasteiger partial charge on any atom is 0.145 e. The van der Waals surface area contributed by atoms with E-state index < -0.39 is 0 Å². The predicted molar refractivity (Wildman–Crippen MR) is 77.5 cm³/mol. The molecule has 0 spiro atoms. The van der Waals surface area contributed by atoms with E-state index in [0.29, 0.717) is 0 Å². The Hall–Kier alpha value is -1.87. The number of para-hydroxylation sites is 1. The molecule has 0 radical (unpaired) electrons. The first kappa shape index (κ1) is 13.6. The Morgan fingerprint density at radius 2 is 2.00 bits per heavy atom. The standard InChI is InChI=1S/C16H20N2O/c1-3-14(17)10-13-6-4-5-7-16(13)19-15-9-8-12(2)18-11-15/h4-9,11,14H,3,10,17H2,1-2H3. The Labute approximate surface area is 114 Å². The summed E-state index contributed by atoms with van der Waals surface area (Å²) in [5.74, 6) is 1.61. The zero-order valence-electron chi connectivity index (χ0n) is 11.5. The highest BCUT2D eigenvalue weighted by atomic mass is 16.5. The van der Waals surface area contributed by atoms with Gasteiger partial charge >= 0.3 is 0 Å². The van der Waals surface area contributed by atoms with E-state index in [1.165, 1.54) is 0 Å². The van der Waals surface area contributed by atoms with Gasteiger partial charge in [0.15, 0.2) is 0 Å². The molecule has 1 aromatic carbocycles. The van der Waals surface area contributed by atoms with E-state index in [4.69, 9.17) is 10.5 Å². The van der Waals surface area contributed by atoms with Crippen LogP contribution in [0.3, 0.4) is 0 Å². The lowest BCUT2D eigenvalue weighted by atomic mass is 10.0. The molecule has 0 bridgehead atoms. The van der Waals surface area contributed by atoms with E-state index in [2.05, 4.69) is 18.0 Å². The number of nitrogens with two attached hydrogens (primary N) is 1. The van der Waals surface area contributed by atoms with Gasteiger partial charge in [0.2, 0.25) is 0 Å². The molecule has 1 unspecified atom stereocenters. The smallest absolute Gasteiger partial charge is 0.145 e. The van der Waals surface area contributed by atoms with E-state index in [-0.39, 0.29) is 6.04 Å². The van der Waals surface area contributed by atoms with Crippen LogP contribution >= 0.6 is 0 Å². The number of aryl methyl sites for hydroxylation is 1. The Kier molecular flexibility index (Phi) is 4.53. The van der Waals surface area contributed by atoms with Gasteiger partial charge in [-0.2, -0.15) is 0 Å². The monoisotopic (exact) mass is 256 g/mol. The molecule has 2 rings (SSSR count). The highest BCUT2D eigenvalue weighted by Gasteiger charge is 2.08. The summed E-state index contributed by atoms with van der Waals surface area (Å²) in [7, 11) is 0. The Balaban J connectivity index is 2.17. The molecule has 0 aliphatic heterocycles. The number of pyridine rings is 1. The van der Waals surface area contributed by atoms with E-state index in [9.17, 15) is 0 Å². The van der Waals surface area contributed by atoms with Crippen molar-refractivity contribution < 1.29 is 4.74 Å². The minimum Gasteiger partial charge on any atom is -0.455 e. The average Bonchev–Trinajstić information content (AvgIpc) is 2.43. The van der Waals surface area contributed by atoms with Crippen molar-refractivity contribution in [2.45, 2.75) is 32.7 Å². The van der Waals surface area contributed by atoms with Gasteiger partial charge in [-0.05, 0) is 43.5 Å². The summed E-state index contributed by atoms with van der Waals surface area (Å²) in [6.45, 7) is 4.05. The molecule has 2 aromatic rings.